The van der Waals surface area contributed by atoms with Gasteiger partial charge in [0.15, 0.2) is 0 Å². The van der Waals surface area contributed by atoms with Crippen molar-refractivity contribution in [1.29, 1.82) is 0 Å². The molecule has 4 amide bonds. The number of anilines is 2. The molecule has 2 aromatic rings. The molecule has 0 atom stereocenters. The molecule has 1 aromatic carbocycles. The summed E-state index contributed by atoms with van der Waals surface area (Å²) < 4.78 is 38.1. The van der Waals surface area contributed by atoms with E-state index in [0.717, 1.165) is 42.0 Å². The lowest BCUT2D eigenvalue weighted by molar-refractivity contribution is -0.121. The number of nitrogens with zero attached hydrogens (tertiary/aromatic N) is 4. The van der Waals surface area contributed by atoms with E-state index in [0.29, 0.717) is 25.1 Å². The van der Waals surface area contributed by atoms with Gasteiger partial charge in [-0.2, -0.15) is 13.2 Å². The van der Waals surface area contributed by atoms with Gasteiger partial charge in [0.2, 0.25) is 6.41 Å². The average molecular weight is 534 g/mol. The molecular formula is C25H26F3N5O3S. The zero-order valence-electron chi connectivity index (χ0n) is 20.1. The van der Waals surface area contributed by atoms with Crippen molar-refractivity contribution in [3.8, 4) is 0 Å². The maximum atomic E-state index is 13.6. The summed E-state index contributed by atoms with van der Waals surface area (Å²) in [4.78, 5) is 47.5. The SMILES string of the molecule is CN1CCC(c2c(CN3C(=O)N(c4ccc(SC(F)(F)F)cc4)C(=O)C34CC4)ccnc2NC=O)CC1. The van der Waals surface area contributed by atoms with Gasteiger partial charge in [0.05, 0.1) is 5.69 Å². The molecule has 1 N–H and O–H groups in total. The molecule has 196 valence electrons. The maximum Gasteiger partial charge on any atom is 0.446 e. The minimum absolute atomic E-state index is 0.0249. The average Bonchev–Trinajstić information content (AvgIpc) is 3.62. The largest absolute Gasteiger partial charge is 0.446 e. The van der Waals surface area contributed by atoms with Gasteiger partial charge in [-0.3, -0.25) is 9.59 Å². The molecule has 2 saturated heterocycles. The Balaban J connectivity index is 1.44. The van der Waals surface area contributed by atoms with Crippen LogP contribution < -0.4 is 10.2 Å². The Bertz CT molecular complexity index is 1210. The first-order chi connectivity index (χ1) is 17.6. The third-order valence-corrected chi connectivity index (χ3v) is 8.06. The monoisotopic (exact) mass is 533 g/mol. The molecule has 0 radical (unpaired) electrons. The molecule has 8 nitrogen and oxygen atoms in total. The molecule has 0 unspecified atom stereocenters. The van der Waals surface area contributed by atoms with Crippen LogP contribution in [-0.4, -0.2) is 64.3 Å². The molecule has 1 saturated carbocycles. The first-order valence-corrected chi connectivity index (χ1v) is 12.8. The summed E-state index contributed by atoms with van der Waals surface area (Å²) in [5.41, 5.74) is -3.44. The van der Waals surface area contributed by atoms with Crippen LogP contribution in [0.4, 0.5) is 29.5 Å². The molecule has 1 spiro atoms. The molecule has 3 fully saturated rings. The van der Waals surface area contributed by atoms with Crippen molar-refractivity contribution < 1.29 is 27.6 Å². The highest BCUT2D eigenvalue weighted by Gasteiger charge is 2.65. The number of carbonyl (C=O) groups is 3. The molecule has 5 rings (SSSR count). The van der Waals surface area contributed by atoms with Crippen LogP contribution >= 0.6 is 11.8 Å². The van der Waals surface area contributed by atoms with Gasteiger partial charge in [-0.15, -0.1) is 0 Å². The lowest BCUT2D eigenvalue weighted by atomic mass is 9.86. The van der Waals surface area contributed by atoms with E-state index in [2.05, 4.69) is 22.2 Å². The molecule has 37 heavy (non-hydrogen) atoms. The van der Waals surface area contributed by atoms with Crippen LogP contribution in [0.1, 0.15) is 42.7 Å². The molecule has 3 heterocycles. The summed E-state index contributed by atoms with van der Waals surface area (Å²) in [6.07, 6.45) is 4.94. The van der Waals surface area contributed by atoms with Crippen LogP contribution in [0.5, 0.6) is 0 Å². The minimum atomic E-state index is -4.43. The fourth-order valence-corrected chi connectivity index (χ4v) is 5.84. The van der Waals surface area contributed by atoms with Gasteiger partial charge in [0.1, 0.15) is 11.4 Å². The molecule has 1 aromatic heterocycles. The van der Waals surface area contributed by atoms with E-state index in [4.69, 9.17) is 0 Å². The number of carbonyl (C=O) groups excluding carboxylic acids is 3. The van der Waals surface area contributed by atoms with Crippen LogP contribution in [0.3, 0.4) is 0 Å². The summed E-state index contributed by atoms with van der Waals surface area (Å²) in [5, 5.41) is 2.69. The van der Waals surface area contributed by atoms with Gasteiger partial charge in [-0.1, -0.05) is 0 Å². The number of imide groups is 1. The van der Waals surface area contributed by atoms with Gasteiger partial charge < -0.3 is 15.1 Å². The van der Waals surface area contributed by atoms with E-state index in [1.807, 2.05) is 6.07 Å². The molecular weight excluding hydrogens is 507 g/mol. The number of nitrogens with one attached hydrogen (secondary N) is 1. The summed E-state index contributed by atoms with van der Waals surface area (Å²) in [6.45, 7) is 1.95. The number of pyridine rings is 1. The van der Waals surface area contributed by atoms with Crippen LogP contribution in [-0.2, 0) is 16.1 Å². The van der Waals surface area contributed by atoms with Crippen molar-refractivity contribution in [2.24, 2.45) is 0 Å². The number of likely N-dealkylation sites (tertiary alicyclic amines) is 1. The van der Waals surface area contributed by atoms with E-state index >= 15 is 0 Å². The number of amides is 4. The highest BCUT2D eigenvalue weighted by atomic mass is 32.2. The van der Waals surface area contributed by atoms with Crippen LogP contribution in [0.2, 0.25) is 0 Å². The van der Waals surface area contributed by atoms with Crippen molar-refractivity contribution in [3.05, 3.63) is 47.7 Å². The predicted molar refractivity (Wildman–Crippen MR) is 132 cm³/mol. The highest BCUT2D eigenvalue weighted by molar-refractivity contribution is 8.00. The number of hydrogen-bond donors (Lipinski definition) is 1. The van der Waals surface area contributed by atoms with Gasteiger partial charge in [-0.25, -0.2) is 14.7 Å². The third-order valence-electron chi connectivity index (χ3n) is 7.32. The number of alkyl halides is 3. The maximum absolute atomic E-state index is 13.6. The van der Waals surface area contributed by atoms with Gasteiger partial charge >= 0.3 is 11.5 Å². The number of urea groups is 1. The Morgan fingerprint density at radius 3 is 2.41 bits per heavy atom. The molecule has 1 aliphatic carbocycles. The van der Waals surface area contributed by atoms with E-state index in [1.54, 1.807) is 11.1 Å². The molecule has 12 heteroatoms. The summed E-state index contributed by atoms with van der Waals surface area (Å²) in [7, 11) is 2.05. The Morgan fingerprint density at radius 1 is 1.14 bits per heavy atom. The molecule has 2 aliphatic heterocycles. The molecule has 3 aliphatic rings. The number of hydrogen-bond acceptors (Lipinski definition) is 6. The number of rotatable bonds is 7. The van der Waals surface area contributed by atoms with Gasteiger partial charge in [0.25, 0.3) is 5.91 Å². The fraction of sp³-hybridized carbons (Fsp3) is 0.440. The second-order valence-corrected chi connectivity index (χ2v) is 10.8. The zero-order valence-corrected chi connectivity index (χ0v) is 20.9. The second kappa shape index (κ2) is 9.64. The van der Waals surface area contributed by atoms with E-state index in [-0.39, 0.29) is 40.7 Å². The number of halogens is 3. The van der Waals surface area contributed by atoms with Gasteiger partial charge in [0, 0.05) is 23.2 Å². The Hall–Kier alpha value is -3.12. The minimum Gasteiger partial charge on any atom is -0.313 e. The summed E-state index contributed by atoms with van der Waals surface area (Å²) >= 11 is -0.250. The topological polar surface area (TPSA) is 85.8 Å². The van der Waals surface area contributed by atoms with Gasteiger partial charge in [-0.05, 0) is 99.4 Å². The van der Waals surface area contributed by atoms with Crippen molar-refractivity contribution in [1.82, 2.24) is 14.8 Å². The first-order valence-electron chi connectivity index (χ1n) is 12.0. The smallest absolute Gasteiger partial charge is 0.313 e. The highest BCUT2D eigenvalue weighted by Crippen LogP contribution is 2.50. The van der Waals surface area contributed by atoms with E-state index in [1.165, 1.54) is 24.3 Å². The van der Waals surface area contributed by atoms with E-state index < -0.39 is 17.1 Å². The van der Waals surface area contributed by atoms with Crippen molar-refractivity contribution in [3.63, 3.8) is 0 Å². The van der Waals surface area contributed by atoms with E-state index in [9.17, 15) is 27.6 Å². The fourth-order valence-electron chi connectivity index (χ4n) is 5.30. The second-order valence-electron chi connectivity index (χ2n) is 9.65. The summed E-state index contributed by atoms with van der Waals surface area (Å²) in [5.74, 6) is 0.232. The van der Waals surface area contributed by atoms with Crippen molar-refractivity contribution in [2.75, 3.05) is 30.4 Å². The van der Waals surface area contributed by atoms with Crippen LogP contribution in [0.25, 0.3) is 0 Å². The van der Waals surface area contributed by atoms with Crippen LogP contribution in [0, 0.1) is 0 Å². The standard InChI is InChI=1S/C25H26F3N5O3S/c1-31-12-7-16(8-13-31)20-17(6-11-29-21(20)30-15-34)14-32-23(36)33(22(35)24(32)9-10-24)18-2-4-19(5-3-18)37-25(26,27)28/h2-6,11,15-16H,7-10,12-14H2,1H3,(H,29,30,34). The Labute approximate surface area is 216 Å². The zero-order chi connectivity index (χ0) is 26.4. The first kappa shape index (κ1) is 25.5. The molecule has 0 bridgehead atoms. The lowest BCUT2D eigenvalue weighted by Crippen LogP contribution is -2.37. The van der Waals surface area contributed by atoms with Crippen molar-refractivity contribution >= 4 is 41.6 Å². The number of benzene rings is 1. The Kier molecular flexibility index (Phi) is 6.65. The van der Waals surface area contributed by atoms with Crippen LogP contribution in [0.15, 0.2) is 41.4 Å². The summed E-state index contributed by atoms with van der Waals surface area (Å²) in [6, 6.07) is 6.57. The number of thioether (sulfide) groups is 1. The number of aromatic nitrogens is 1. The third kappa shape index (κ3) is 4.91. The van der Waals surface area contributed by atoms with Crippen molar-refractivity contribution in [2.45, 2.75) is 54.1 Å². The quantitative estimate of drug-likeness (QED) is 0.319. The predicted octanol–water partition coefficient (Wildman–Crippen LogP) is 4.57. The lowest BCUT2D eigenvalue weighted by Gasteiger charge is -2.32. The Morgan fingerprint density at radius 2 is 1.81 bits per heavy atom. The normalized spacial score (nSPS) is 20.1. The number of piperidine rings is 1.